The summed E-state index contributed by atoms with van der Waals surface area (Å²) >= 11 is 1.54. The van der Waals surface area contributed by atoms with Gasteiger partial charge in [0.05, 0.1) is 17.2 Å². The van der Waals surface area contributed by atoms with Crippen LogP contribution in [0.2, 0.25) is 0 Å². The van der Waals surface area contributed by atoms with E-state index >= 15 is 0 Å². The predicted octanol–water partition coefficient (Wildman–Crippen LogP) is 5.24. The van der Waals surface area contributed by atoms with E-state index in [4.69, 9.17) is 4.74 Å². The Morgan fingerprint density at radius 1 is 0.897 bits per heavy atom. The number of carbonyl (C=O) groups is 1. The Labute approximate surface area is 173 Å². The molecule has 0 aliphatic carbocycles. The van der Waals surface area contributed by atoms with Crippen LogP contribution in [0.25, 0.3) is 0 Å². The second-order valence-corrected chi connectivity index (χ2v) is 7.24. The van der Waals surface area contributed by atoms with Crippen molar-refractivity contribution < 1.29 is 9.53 Å². The summed E-state index contributed by atoms with van der Waals surface area (Å²) in [5.74, 6) is 0.575. The number of aromatic nitrogens is 1. The molecular weight excluding hydrogens is 380 g/mol. The van der Waals surface area contributed by atoms with Crippen molar-refractivity contribution in [3.63, 3.8) is 0 Å². The fraction of sp³-hybridized carbons (Fsp3) is 0.0833. The van der Waals surface area contributed by atoms with Gasteiger partial charge in [-0.25, -0.2) is 4.98 Å². The Morgan fingerprint density at radius 2 is 1.52 bits per heavy atom. The molecule has 144 valence electrons. The highest BCUT2D eigenvalue weighted by atomic mass is 32.1. The van der Waals surface area contributed by atoms with Crippen LogP contribution >= 0.6 is 11.3 Å². The zero-order valence-corrected chi connectivity index (χ0v) is 16.5. The molecule has 0 aliphatic heterocycles. The third-order valence-corrected chi connectivity index (χ3v) is 5.16. The number of nitrogens with zero attached hydrogens (tertiary/aromatic N) is 1. The molecule has 1 aromatic heterocycles. The lowest BCUT2D eigenvalue weighted by atomic mass is 9.98. The average molecular weight is 401 g/mol. The normalized spacial score (nSPS) is 10.7. The molecule has 0 spiro atoms. The van der Waals surface area contributed by atoms with Crippen LogP contribution in [-0.2, 0) is 6.61 Å². The van der Waals surface area contributed by atoms with E-state index in [1.165, 1.54) is 11.3 Å². The van der Waals surface area contributed by atoms with Gasteiger partial charge in [-0.15, -0.1) is 11.3 Å². The van der Waals surface area contributed by atoms with Gasteiger partial charge in [0.1, 0.15) is 12.4 Å². The van der Waals surface area contributed by atoms with Crippen molar-refractivity contribution in [1.82, 2.24) is 10.3 Å². The van der Waals surface area contributed by atoms with Crippen molar-refractivity contribution in [3.8, 4) is 5.75 Å². The molecule has 4 rings (SSSR count). The maximum atomic E-state index is 12.9. The summed E-state index contributed by atoms with van der Waals surface area (Å²) in [6.45, 7) is 0.416. The van der Waals surface area contributed by atoms with Gasteiger partial charge in [-0.05, 0) is 35.4 Å². The fourth-order valence-corrected chi connectivity index (χ4v) is 3.58. The van der Waals surface area contributed by atoms with Crippen LogP contribution in [0.5, 0.6) is 5.75 Å². The molecular formula is C24H20N2O2S. The van der Waals surface area contributed by atoms with E-state index in [1.807, 2.05) is 66.0 Å². The molecule has 0 radical (unpaired) electrons. The molecule has 0 unspecified atom stereocenters. The minimum absolute atomic E-state index is 0.131. The van der Waals surface area contributed by atoms with Gasteiger partial charge >= 0.3 is 0 Å². The topological polar surface area (TPSA) is 51.2 Å². The highest BCUT2D eigenvalue weighted by Gasteiger charge is 2.17. The van der Waals surface area contributed by atoms with Crippen molar-refractivity contribution in [2.75, 3.05) is 0 Å². The van der Waals surface area contributed by atoms with Crippen LogP contribution in [0.15, 0.2) is 95.8 Å². The number of hydrogen-bond donors (Lipinski definition) is 1. The Hall–Kier alpha value is -3.44. The van der Waals surface area contributed by atoms with Gasteiger partial charge in [0.25, 0.3) is 5.91 Å². The van der Waals surface area contributed by atoms with Crippen LogP contribution in [-0.4, -0.2) is 10.9 Å². The average Bonchev–Trinajstić information content (AvgIpc) is 3.31. The summed E-state index contributed by atoms with van der Waals surface area (Å²) in [4.78, 5) is 17.1. The number of carbonyl (C=O) groups excluding carboxylic acids is 1. The quantitative estimate of drug-likeness (QED) is 0.461. The molecule has 0 saturated carbocycles. The number of rotatable bonds is 7. The van der Waals surface area contributed by atoms with Gasteiger partial charge in [0, 0.05) is 10.9 Å². The van der Waals surface area contributed by atoms with Crippen molar-refractivity contribution in [2.24, 2.45) is 0 Å². The molecule has 29 heavy (non-hydrogen) atoms. The van der Waals surface area contributed by atoms with E-state index < -0.39 is 0 Å². The number of benzene rings is 3. The highest BCUT2D eigenvalue weighted by Crippen LogP contribution is 2.23. The van der Waals surface area contributed by atoms with Crippen LogP contribution < -0.4 is 10.1 Å². The Kier molecular flexibility index (Phi) is 5.98. The summed E-state index contributed by atoms with van der Waals surface area (Å²) in [5, 5.41) is 5.10. The maximum absolute atomic E-state index is 12.9. The fourth-order valence-electron chi connectivity index (χ4n) is 3.03. The van der Waals surface area contributed by atoms with Gasteiger partial charge in [-0.2, -0.15) is 0 Å². The van der Waals surface area contributed by atoms with Gasteiger partial charge in [-0.1, -0.05) is 60.7 Å². The Balaban J connectivity index is 1.47. The van der Waals surface area contributed by atoms with E-state index in [2.05, 4.69) is 10.3 Å². The molecule has 0 fully saturated rings. The molecule has 3 aromatic carbocycles. The lowest BCUT2D eigenvalue weighted by Crippen LogP contribution is -2.29. The summed E-state index contributed by atoms with van der Waals surface area (Å²) in [6.07, 6.45) is 0. The lowest BCUT2D eigenvalue weighted by molar-refractivity contribution is 0.0943. The second kappa shape index (κ2) is 9.17. The van der Waals surface area contributed by atoms with E-state index in [1.54, 1.807) is 29.8 Å². The highest BCUT2D eigenvalue weighted by molar-refractivity contribution is 7.07. The van der Waals surface area contributed by atoms with Gasteiger partial charge in [0.2, 0.25) is 0 Å². The molecule has 0 saturated heterocycles. The number of ether oxygens (including phenoxy) is 1. The van der Waals surface area contributed by atoms with Crippen LogP contribution in [0.1, 0.15) is 33.2 Å². The summed E-state index contributed by atoms with van der Waals surface area (Å²) in [6, 6.07) is 26.9. The first kappa shape index (κ1) is 18.9. The third kappa shape index (κ3) is 4.89. The number of nitrogens with one attached hydrogen (secondary N) is 1. The smallest absolute Gasteiger partial charge is 0.252 e. The molecule has 1 amide bonds. The van der Waals surface area contributed by atoms with E-state index in [0.717, 1.165) is 16.8 Å². The minimum atomic E-state index is -0.217. The van der Waals surface area contributed by atoms with Crippen LogP contribution in [0, 0.1) is 0 Å². The zero-order valence-electron chi connectivity index (χ0n) is 15.7. The first-order valence-corrected chi connectivity index (χ1v) is 10.2. The van der Waals surface area contributed by atoms with Crippen molar-refractivity contribution in [3.05, 3.63) is 118 Å². The first-order valence-electron chi connectivity index (χ1n) is 9.30. The van der Waals surface area contributed by atoms with Gasteiger partial charge in [-0.3, -0.25) is 4.79 Å². The van der Waals surface area contributed by atoms with E-state index in [9.17, 15) is 4.79 Å². The van der Waals surface area contributed by atoms with Crippen molar-refractivity contribution >= 4 is 17.2 Å². The molecule has 0 aliphatic rings. The molecule has 5 heteroatoms. The standard InChI is InChI=1S/C24H20N2O2S/c27-24(20-11-13-22(14-12-20)28-15-21-16-29-17-25-21)26-23(18-7-3-1-4-8-18)19-9-5-2-6-10-19/h1-14,16-17,23H,15H2,(H,26,27). The molecule has 4 aromatic rings. The molecule has 4 nitrogen and oxygen atoms in total. The number of hydrogen-bond acceptors (Lipinski definition) is 4. The SMILES string of the molecule is O=C(NC(c1ccccc1)c1ccccc1)c1ccc(OCc2cscn2)cc1. The Morgan fingerprint density at radius 3 is 2.07 bits per heavy atom. The minimum Gasteiger partial charge on any atom is -0.487 e. The first-order chi connectivity index (χ1) is 14.3. The largest absolute Gasteiger partial charge is 0.487 e. The lowest BCUT2D eigenvalue weighted by Gasteiger charge is -2.20. The van der Waals surface area contributed by atoms with Gasteiger partial charge < -0.3 is 10.1 Å². The molecule has 1 heterocycles. The van der Waals surface area contributed by atoms with Crippen LogP contribution in [0.3, 0.4) is 0 Å². The second-order valence-electron chi connectivity index (χ2n) is 6.52. The molecule has 1 N–H and O–H groups in total. The molecule has 0 bridgehead atoms. The van der Waals surface area contributed by atoms with Crippen molar-refractivity contribution in [2.45, 2.75) is 12.6 Å². The third-order valence-electron chi connectivity index (χ3n) is 4.53. The van der Waals surface area contributed by atoms with Crippen molar-refractivity contribution in [1.29, 1.82) is 0 Å². The Bertz CT molecular complexity index is 994. The van der Waals surface area contributed by atoms with E-state index in [-0.39, 0.29) is 11.9 Å². The number of thiazole rings is 1. The maximum Gasteiger partial charge on any atom is 0.252 e. The number of amides is 1. The summed E-state index contributed by atoms with van der Waals surface area (Å²) in [5.41, 5.74) is 5.33. The van der Waals surface area contributed by atoms with Gasteiger partial charge in [0.15, 0.2) is 0 Å². The van der Waals surface area contributed by atoms with E-state index in [0.29, 0.717) is 17.9 Å². The molecule has 0 atom stereocenters. The summed E-state index contributed by atoms with van der Waals surface area (Å²) < 4.78 is 5.72. The monoisotopic (exact) mass is 400 g/mol. The zero-order chi connectivity index (χ0) is 19.9. The van der Waals surface area contributed by atoms with Crippen LogP contribution in [0.4, 0.5) is 0 Å². The summed E-state index contributed by atoms with van der Waals surface area (Å²) in [7, 11) is 0. The predicted molar refractivity (Wildman–Crippen MR) is 115 cm³/mol.